The Balaban J connectivity index is 2.29. The Labute approximate surface area is 113 Å². The van der Waals surface area contributed by atoms with Gasteiger partial charge in [0.2, 0.25) is 5.91 Å². The molecule has 0 aromatic heterocycles. The monoisotopic (exact) mass is 251 g/mol. The van der Waals surface area contributed by atoms with Crippen LogP contribution in [0.3, 0.4) is 0 Å². The molecule has 2 aromatic carbocycles. The zero-order chi connectivity index (χ0) is 13.6. The quantitative estimate of drug-likeness (QED) is 0.821. The van der Waals surface area contributed by atoms with E-state index in [0.717, 1.165) is 11.3 Å². The van der Waals surface area contributed by atoms with Gasteiger partial charge in [-0.1, -0.05) is 29.8 Å². The van der Waals surface area contributed by atoms with E-state index in [-0.39, 0.29) is 5.91 Å². The largest absolute Gasteiger partial charge is 0.326 e. The normalized spacial score (nSPS) is 13.3. The molecule has 19 heavy (non-hydrogen) atoms. The zero-order valence-electron chi connectivity index (χ0n) is 11.5. The number of benzene rings is 2. The molecular weight excluding hydrogens is 234 g/mol. The first kappa shape index (κ1) is 12.0. The number of nitrogens with one attached hydrogen (secondary N) is 1. The third-order valence-corrected chi connectivity index (χ3v) is 3.80. The van der Waals surface area contributed by atoms with Gasteiger partial charge < -0.3 is 5.32 Å². The lowest BCUT2D eigenvalue weighted by Crippen LogP contribution is -2.03. The Morgan fingerprint density at radius 3 is 2.53 bits per heavy atom. The summed E-state index contributed by atoms with van der Waals surface area (Å²) in [7, 11) is 0. The van der Waals surface area contributed by atoms with E-state index >= 15 is 0 Å². The van der Waals surface area contributed by atoms with Crippen LogP contribution in [0.25, 0.3) is 11.1 Å². The van der Waals surface area contributed by atoms with E-state index in [1.807, 2.05) is 6.07 Å². The summed E-state index contributed by atoms with van der Waals surface area (Å²) >= 11 is 0. The lowest BCUT2D eigenvalue weighted by atomic mass is 9.90. The Hall–Kier alpha value is -2.09. The van der Waals surface area contributed by atoms with Crippen molar-refractivity contribution in [2.24, 2.45) is 0 Å². The molecule has 2 heteroatoms. The molecule has 1 N–H and O–H groups in total. The lowest BCUT2D eigenvalue weighted by molar-refractivity contribution is -0.115. The molecule has 0 unspecified atom stereocenters. The van der Waals surface area contributed by atoms with Crippen LogP contribution in [-0.4, -0.2) is 5.91 Å². The Bertz CT molecular complexity index is 686. The van der Waals surface area contributed by atoms with Gasteiger partial charge in [0.05, 0.1) is 6.42 Å². The van der Waals surface area contributed by atoms with E-state index in [4.69, 9.17) is 0 Å². The van der Waals surface area contributed by atoms with Crippen molar-refractivity contribution in [3.8, 4) is 11.1 Å². The van der Waals surface area contributed by atoms with Crippen LogP contribution in [0.1, 0.15) is 22.3 Å². The third kappa shape index (κ3) is 1.93. The number of carbonyl (C=O) groups excluding carboxylic acids is 1. The number of hydrogen-bond acceptors (Lipinski definition) is 1. The molecule has 0 saturated carbocycles. The molecule has 1 heterocycles. The standard InChI is InChI=1S/C17H17NO/c1-10-4-5-11(2)13(8-10)17-12(3)6-7-15-14(17)9-16(19)18-15/h4-8H,9H2,1-3H3,(H,18,19). The van der Waals surface area contributed by atoms with Crippen molar-refractivity contribution in [3.63, 3.8) is 0 Å². The van der Waals surface area contributed by atoms with Crippen molar-refractivity contribution in [2.45, 2.75) is 27.2 Å². The first-order valence-corrected chi connectivity index (χ1v) is 6.56. The van der Waals surface area contributed by atoms with Crippen LogP contribution in [0, 0.1) is 20.8 Å². The van der Waals surface area contributed by atoms with Gasteiger partial charge in [-0.25, -0.2) is 0 Å². The summed E-state index contributed by atoms with van der Waals surface area (Å²) in [4.78, 5) is 11.6. The molecule has 0 atom stereocenters. The van der Waals surface area contributed by atoms with E-state index in [9.17, 15) is 4.79 Å². The second-order valence-electron chi connectivity index (χ2n) is 5.33. The molecule has 96 valence electrons. The summed E-state index contributed by atoms with van der Waals surface area (Å²) in [5, 5.41) is 2.93. The second kappa shape index (κ2) is 4.23. The van der Waals surface area contributed by atoms with Crippen LogP contribution in [0.5, 0.6) is 0 Å². The average molecular weight is 251 g/mol. The van der Waals surface area contributed by atoms with Crippen LogP contribution < -0.4 is 5.32 Å². The molecule has 0 bridgehead atoms. The van der Waals surface area contributed by atoms with Crippen molar-refractivity contribution in [1.29, 1.82) is 0 Å². The lowest BCUT2D eigenvalue weighted by Gasteiger charge is -2.14. The number of aryl methyl sites for hydroxylation is 3. The van der Waals surface area contributed by atoms with Gasteiger partial charge in [-0.15, -0.1) is 0 Å². The number of amides is 1. The van der Waals surface area contributed by atoms with Crippen LogP contribution in [0.2, 0.25) is 0 Å². The van der Waals surface area contributed by atoms with Gasteiger partial charge >= 0.3 is 0 Å². The molecule has 0 spiro atoms. The number of carbonyl (C=O) groups is 1. The highest BCUT2D eigenvalue weighted by Crippen LogP contribution is 2.37. The summed E-state index contributed by atoms with van der Waals surface area (Å²) < 4.78 is 0. The van der Waals surface area contributed by atoms with Crippen molar-refractivity contribution >= 4 is 11.6 Å². The maximum absolute atomic E-state index is 11.6. The molecule has 3 rings (SSSR count). The molecule has 1 aliphatic rings. The molecule has 1 aliphatic heterocycles. The summed E-state index contributed by atoms with van der Waals surface area (Å²) in [6, 6.07) is 10.6. The maximum atomic E-state index is 11.6. The first-order valence-electron chi connectivity index (χ1n) is 6.56. The number of hydrogen-bond donors (Lipinski definition) is 1. The first-order chi connectivity index (χ1) is 9.06. The fourth-order valence-electron chi connectivity index (χ4n) is 2.80. The summed E-state index contributed by atoms with van der Waals surface area (Å²) in [5.41, 5.74) is 8.29. The molecular formula is C17H17NO. The van der Waals surface area contributed by atoms with E-state index in [1.165, 1.54) is 27.8 Å². The maximum Gasteiger partial charge on any atom is 0.228 e. The van der Waals surface area contributed by atoms with Gasteiger partial charge in [-0.3, -0.25) is 4.79 Å². The van der Waals surface area contributed by atoms with E-state index < -0.39 is 0 Å². The summed E-state index contributed by atoms with van der Waals surface area (Å²) in [6.45, 7) is 6.34. The van der Waals surface area contributed by atoms with E-state index in [2.05, 4.69) is 50.4 Å². The smallest absolute Gasteiger partial charge is 0.228 e. The zero-order valence-corrected chi connectivity index (χ0v) is 11.5. The predicted octanol–water partition coefficient (Wildman–Crippen LogP) is 3.77. The van der Waals surface area contributed by atoms with Crippen molar-refractivity contribution in [1.82, 2.24) is 0 Å². The highest BCUT2D eigenvalue weighted by Gasteiger charge is 2.23. The van der Waals surface area contributed by atoms with Crippen LogP contribution in [0.15, 0.2) is 30.3 Å². The van der Waals surface area contributed by atoms with Crippen molar-refractivity contribution < 1.29 is 4.79 Å². The molecule has 0 aliphatic carbocycles. The molecule has 0 radical (unpaired) electrons. The minimum Gasteiger partial charge on any atom is -0.326 e. The number of anilines is 1. The van der Waals surface area contributed by atoms with Crippen molar-refractivity contribution in [3.05, 3.63) is 52.6 Å². The van der Waals surface area contributed by atoms with Gasteiger partial charge in [0.1, 0.15) is 0 Å². The highest BCUT2D eigenvalue weighted by molar-refractivity contribution is 6.02. The van der Waals surface area contributed by atoms with Gasteiger partial charge in [-0.05, 0) is 54.7 Å². The van der Waals surface area contributed by atoms with Crippen molar-refractivity contribution in [2.75, 3.05) is 5.32 Å². The van der Waals surface area contributed by atoms with Gasteiger partial charge in [-0.2, -0.15) is 0 Å². The molecule has 2 aromatic rings. The number of rotatable bonds is 1. The SMILES string of the molecule is Cc1ccc(C)c(-c2c(C)ccc3c2CC(=O)N3)c1. The van der Waals surface area contributed by atoms with E-state index in [0.29, 0.717) is 6.42 Å². The second-order valence-corrected chi connectivity index (χ2v) is 5.33. The Morgan fingerprint density at radius 2 is 1.74 bits per heavy atom. The Morgan fingerprint density at radius 1 is 1.00 bits per heavy atom. The fraction of sp³-hybridized carbons (Fsp3) is 0.235. The average Bonchev–Trinajstić information content (AvgIpc) is 2.73. The molecule has 0 saturated heterocycles. The highest BCUT2D eigenvalue weighted by atomic mass is 16.1. The van der Waals surface area contributed by atoms with Crippen LogP contribution in [0.4, 0.5) is 5.69 Å². The minimum absolute atomic E-state index is 0.0900. The predicted molar refractivity (Wildman–Crippen MR) is 78.4 cm³/mol. The summed E-state index contributed by atoms with van der Waals surface area (Å²) in [5.74, 6) is 0.0900. The fourth-order valence-corrected chi connectivity index (χ4v) is 2.80. The van der Waals surface area contributed by atoms with Crippen LogP contribution >= 0.6 is 0 Å². The van der Waals surface area contributed by atoms with Gasteiger partial charge in [0.15, 0.2) is 0 Å². The number of fused-ring (bicyclic) bond motifs is 1. The Kier molecular flexibility index (Phi) is 2.67. The molecule has 0 fully saturated rings. The topological polar surface area (TPSA) is 29.1 Å². The van der Waals surface area contributed by atoms with E-state index in [1.54, 1.807) is 0 Å². The minimum atomic E-state index is 0.0900. The van der Waals surface area contributed by atoms with Crippen LogP contribution in [-0.2, 0) is 11.2 Å². The third-order valence-electron chi connectivity index (χ3n) is 3.80. The molecule has 2 nitrogen and oxygen atoms in total. The van der Waals surface area contributed by atoms with Gasteiger partial charge in [0, 0.05) is 5.69 Å². The van der Waals surface area contributed by atoms with Gasteiger partial charge in [0.25, 0.3) is 0 Å². The summed E-state index contributed by atoms with van der Waals surface area (Å²) in [6.07, 6.45) is 0.486. The molecule has 1 amide bonds.